The monoisotopic (exact) mass is 818 g/mol. The van der Waals surface area contributed by atoms with Gasteiger partial charge in [0.15, 0.2) is 0 Å². The first-order chi connectivity index (χ1) is 28.1. The van der Waals surface area contributed by atoms with Crippen LogP contribution in [-0.4, -0.2) is 118 Å². The maximum absolute atomic E-state index is 12.6. The fourth-order valence-electron chi connectivity index (χ4n) is 7.50. The second-order valence-corrected chi connectivity index (χ2v) is 17.7. The molecule has 10 heteroatoms. The average molecular weight is 818 g/mol. The van der Waals surface area contributed by atoms with E-state index in [4.69, 9.17) is 14.2 Å². The van der Waals surface area contributed by atoms with Crippen molar-refractivity contribution < 1.29 is 33.1 Å². The van der Waals surface area contributed by atoms with E-state index in [9.17, 15) is 14.4 Å². The molecule has 0 spiro atoms. The number of epoxide rings is 2. The van der Waals surface area contributed by atoms with Crippen LogP contribution < -0.4 is 10.6 Å². The molecule has 2 amide bonds. The van der Waals surface area contributed by atoms with Crippen molar-refractivity contribution in [3.63, 3.8) is 0 Å². The molecule has 0 aromatic rings. The minimum absolute atomic E-state index is 0.121. The molecule has 10 nitrogen and oxygen atoms in total. The Bertz CT molecular complexity index is 1060. The molecule has 2 rings (SSSR count). The Kier molecular flexibility index (Phi) is 29.9. The third-order valence-electron chi connectivity index (χ3n) is 11.7. The van der Waals surface area contributed by atoms with Crippen molar-refractivity contribution in [2.75, 3.05) is 66.5 Å². The Morgan fingerprint density at radius 2 is 1.05 bits per heavy atom. The number of amides is 2. The Hall–Kier alpha value is -2.27. The van der Waals surface area contributed by atoms with Crippen LogP contribution in [-0.2, 0) is 28.6 Å². The van der Waals surface area contributed by atoms with Crippen molar-refractivity contribution in [2.45, 2.75) is 199 Å². The highest BCUT2D eigenvalue weighted by molar-refractivity contribution is 5.76. The van der Waals surface area contributed by atoms with Crippen molar-refractivity contribution >= 4 is 17.8 Å². The number of hydrogen-bond donors (Lipinski definition) is 2. The molecule has 2 fully saturated rings. The number of ether oxygens (including phenoxy) is 3. The zero-order valence-corrected chi connectivity index (χ0v) is 38.1. The van der Waals surface area contributed by atoms with E-state index in [2.05, 4.69) is 67.8 Å². The molecular weight excluding hydrogens is 729 g/mol. The minimum Gasteiger partial charge on any atom is -0.460 e. The van der Waals surface area contributed by atoms with E-state index < -0.39 is 0 Å². The summed E-state index contributed by atoms with van der Waals surface area (Å²) in [6.45, 7) is 11.4. The van der Waals surface area contributed by atoms with Crippen LogP contribution in [0.5, 0.6) is 0 Å². The molecule has 4 unspecified atom stereocenters. The van der Waals surface area contributed by atoms with E-state index in [0.29, 0.717) is 57.0 Å². The zero-order chi connectivity index (χ0) is 42.1. The predicted octanol–water partition coefficient (Wildman–Crippen LogP) is 9.21. The molecule has 2 saturated heterocycles. The third-order valence-corrected chi connectivity index (χ3v) is 11.7. The van der Waals surface area contributed by atoms with E-state index in [-0.39, 0.29) is 17.8 Å². The number of hydrogen-bond acceptors (Lipinski definition) is 7. The summed E-state index contributed by atoms with van der Waals surface area (Å²) in [4.78, 5) is 38.8. The molecule has 2 N–H and O–H groups in total. The first kappa shape index (κ1) is 51.9. The van der Waals surface area contributed by atoms with Crippen LogP contribution in [0.2, 0.25) is 0 Å². The summed E-state index contributed by atoms with van der Waals surface area (Å²) >= 11 is 0. The van der Waals surface area contributed by atoms with Gasteiger partial charge in [-0.05, 0) is 64.2 Å². The molecule has 2 aliphatic heterocycles. The second kappa shape index (κ2) is 33.4. The Labute approximate surface area is 355 Å². The number of quaternary nitrogens is 1. The van der Waals surface area contributed by atoms with Gasteiger partial charge in [0.2, 0.25) is 11.8 Å². The lowest BCUT2D eigenvalue weighted by molar-refractivity contribution is -0.890. The number of carbonyl (C=O) groups excluding carboxylic acids is 3. The minimum atomic E-state index is -0.254. The van der Waals surface area contributed by atoms with Crippen molar-refractivity contribution in [2.24, 2.45) is 0 Å². The summed E-state index contributed by atoms with van der Waals surface area (Å²) in [7, 11) is 4.28. The van der Waals surface area contributed by atoms with Gasteiger partial charge in [0.05, 0.1) is 45.1 Å². The first-order valence-corrected chi connectivity index (χ1v) is 24.0. The summed E-state index contributed by atoms with van der Waals surface area (Å²) in [6, 6.07) is 0. The number of allylic oxidation sites excluding steroid dienone is 2. The van der Waals surface area contributed by atoms with Crippen LogP contribution in [0.3, 0.4) is 0 Å². The Morgan fingerprint density at radius 1 is 0.586 bits per heavy atom. The highest BCUT2D eigenvalue weighted by Gasteiger charge is 2.37. The zero-order valence-electron chi connectivity index (χ0n) is 38.1. The van der Waals surface area contributed by atoms with Crippen molar-refractivity contribution in [1.29, 1.82) is 0 Å². The summed E-state index contributed by atoms with van der Waals surface area (Å²) in [5.74, 6) is -0.0123. The van der Waals surface area contributed by atoms with Crippen LogP contribution in [0.25, 0.3) is 0 Å². The van der Waals surface area contributed by atoms with Gasteiger partial charge in [-0.15, -0.1) is 0 Å². The molecule has 58 heavy (non-hydrogen) atoms. The fraction of sp³-hybridized carbons (Fsp3) is 0.854. The maximum Gasteiger partial charge on any atom is 0.302 e. The lowest BCUT2D eigenvalue weighted by atomic mass is 10.1. The van der Waals surface area contributed by atoms with Crippen LogP contribution >= 0.6 is 0 Å². The van der Waals surface area contributed by atoms with Gasteiger partial charge in [0.25, 0.3) is 0 Å². The van der Waals surface area contributed by atoms with E-state index >= 15 is 0 Å². The van der Waals surface area contributed by atoms with E-state index in [0.717, 1.165) is 88.6 Å². The van der Waals surface area contributed by atoms with Gasteiger partial charge in [-0.2, -0.15) is 0 Å². The lowest BCUT2D eigenvalue weighted by Gasteiger charge is -2.32. The number of esters is 1. The van der Waals surface area contributed by atoms with Crippen LogP contribution in [0.1, 0.15) is 175 Å². The molecule has 4 atom stereocenters. The molecule has 0 aromatic carbocycles. The number of nitrogens with one attached hydrogen (secondary N) is 2. The van der Waals surface area contributed by atoms with E-state index in [1.807, 2.05) is 0 Å². The van der Waals surface area contributed by atoms with Crippen LogP contribution in [0, 0.1) is 0 Å². The third kappa shape index (κ3) is 29.9. The fourth-order valence-corrected chi connectivity index (χ4v) is 7.50. The number of nitrogens with zero attached hydrogens (tertiary/aromatic N) is 2. The second-order valence-electron chi connectivity index (χ2n) is 17.7. The normalized spacial score (nSPS) is 19.0. The summed E-state index contributed by atoms with van der Waals surface area (Å²) in [6.07, 6.45) is 38.1. The highest BCUT2D eigenvalue weighted by atomic mass is 16.6. The Balaban J connectivity index is 1.53. The molecule has 2 heterocycles. The molecule has 0 saturated carbocycles. The largest absolute Gasteiger partial charge is 0.460 e. The first-order valence-electron chi connectivity index (χ1n) is 24.0. The average Bonchev–Trinajstić information content (AvgIpc) is 4.12. The summed E-state index contributed by atoms with van der Waals surface area (Å²) in [5.41, 5.74) is 0. The molecule has 336 valence electrons. The van der Waals surface area contributed by atoms with Crippen LogP contribution in [0.15, 0.2) is 24.3 Å². The van der Waals surface area contributed by atoms with Gasteiger partial charge in [-0.25, -0.2) is 0 Å². The van der Waals surface area contributed by atoms with Gasteiger partial charge < -0.3 is 29.3 Å². The maximum atomic E-state index is 12.6. The molecular formula is C48H89N4O6+. The number of rotatable bonds is 40. The van der Waals surface area contributed by atoms with Gasteiger partial charge in [0.1, 0.15) is 13.2 Å². The molecule has 0 aliphatic carbocycles. The standard InChI is InChI=1S/C48H88N4O6/c1-6-8-22-28-43-45(57-43)30-24-18-14-10-12-16-20-26-32-47(54)49-34-36-51(38-39-52(4,5)40-41-56-42(3)53)37-35-50-48(55)33-27-21-17-13-11-15-19-25-31-46-44(58-46)29-23-9-7-2/h18-19,24-25,43-46H,6-17,20-23,26-41H2,1-5H3,(H-,49,50,54,55)/p+1/b24-18+,25-19+. The SMILES string of the molecule is CCCCCC1OC1C/C=C/CCCCCCCC(=O)NCCN(CCNC(=O)CCCCCCC/C=C/CC1OC1CCCCC)CC[N+](C)(C)CCOC(C)=O. The van der Waals surface area contributed by atoms with Crippen molar-refractivity contribution in [1.82, 2.24) is 15.5 Å². The molecule has 0 bridgehead atoms. The number of likely N-dealkylation sites (N-methyl/N-ethyl adjacent to an activating group) is 1. The lowest BCUT2D eigenvalue weighted by Crippen LogP contribution is -2.49. The van der Waals surface area contributed by atoms with Gasteiger partial charge >= 0.3 is 5.97 Å². The molecule has 0 aromatic heterocycles. The highest BCUT2D eigenvalue weighted by Crippen LogP contribution is 2.31. The van der Waals surface area contributed by atoms with Gasteiger partial charge in [0, 0.05) is 52.5 Å². The molecule has 0 radical (unpaired) electrons. The van der Waals surface area contributed by atoms with Crippen LogP contribution in [0.4, 0.5) is 0 Å². The molecule has 2 aliphatic rings. The van der Waals surface area contributed by atoms with Crippen molar-refractivity contribution in [3.05, 3.63) is 24.3 Å². The van der Waals surface area contributed by atoms with E-state index in [1.165, 1.54) is 96.8 Å². The summed E-state index contributed by atoms with van der Waals surface area (Å²) < 4.78 is 17.5. The quantitative estimate of drug-likeness (QED) is 0.0209. The Morgan fingerprint density at radius 3 is 1.52 bits per heavy atom. The topological polar surface area (TPSA) is 113 Å². The number of unbranched alkanes of at least 4 members (excludes halogenated alkanes) is 14. The predicted molar refractivity (Wildman–Crippen MR) is 239 cm³/mol. The van der Waals surface area contributed by atoms with Crippen molar-refractivity contribution in [3.8, 4) is 0 Å². The van der Waals surface area contributed by atoms with E-state index in [1.54, 1.807) is 0 Å². The number of carbonyl (C=O) groups is 3. The van der Waals surface area contributed by atoms with Gasteiger partial charge in [-0.3, -0.25) is 19.3 Å². The smallest absolute Gasteiger partial charge is 0.302 e. The van der Waals surface area contributed by atoms with Gasteiger partial charge in [-0.1, -0.05) is 115 Å². The summed E-state index contributed by atoms with van der Waals surface area (Å²) in [5, 5.41) is 6.26.